The predicted octanol–water partition coefficient (Wildman–Crippen LogP) is 3.60. The van der Waals surface area contributed by atoms with Crippen LogP contribution in [0.4, 0.5) is 11.4 Å². The second-order valence-corrected chi connectivity index (χ2v) is 9.59. The molecule has 0 radical (unpaired) electrons. The minimum atomic E-state index is -3.94. The molecule has 31 heavy (non-hydrogen) atoms. The molecule has 1 fully saturated rings. The number of carbonyl (C=O) groups is 1. The van der Waals surface area contributed by atoms with Crippen LogP contribution in [0.5, 0.6) is 5.75 Å². The summed E-state index contributed by atoms with van der Waals surface area (Å²) in [5.74, 6) is -0.822. The molecular weight excluding hydrogens is 446 g/mol. The molecule has 0 aromatic heterocycles. The lowest BCUT2D eigenvalue weighted by Gasteiger charge is -2.31. The fraction of sp³-hybridized carbons (Fsp3) is 0.350. The summed E-state index contributed by atoms with van der Waals surface area (Å²) in [5.41, 5.74) is 0.861. The van der Waals surface area contributed by atoms with E-state index in [2.05, 4.69) is 5.32 Å². The van der Waals surface area contributed by atoms with Crippen LogP contribution in [0, 0.1) is 23.0 Å². The largest absolute Gasteiger partial charge is 0.495 e. The van der Waals surface area contributed by atoms with E-state index in [4.69, 9.17) is 16.3 Å². The van der Waals surface area contributed by atoms with Gasteiger partial charge in [0.15, 0.2) is 0 Å². The average molecular weight is 468 g/mol. The Morgan fingerprint density at radius 1 is 1.29 bits per heavy atom. The van der Waals surface area contributed by atoms with E-state index >= 15 is 0 Å². The minimum absolute atomic E-state index is 0.0161. The van der Waals surface area contributed by atoms with Crippen LogP contribution in [0.1, 0.15) is 18.4 Å². The van der Waals surface area contributed by atoms with E-state index in [9.17, 15) is 23.3 Å². The van der Waals surface area contributed by atoms with Gasteiger partial charge in [0.1, 0.15) is 10.6 Å². The van der Waals surface area contributed by atoms with Crippen molar-refractivity contribution in [2.75, 3.05) is 25.5 Å². The average Bonchev–Trinajstić information content (AvgIpc) is 2.75. The molecule has 166 valence electrons. The molecule has 11 heteroatoms. The summed E-state index contributed by atoms with van der Waals surface area (Å²) in [6.07, 6.45) is 0.993. The first-order valence-electron chi connectivity index (χ1n) is 9.53. The Bertz CT molecular complexity index is 1120. The number of nitro benzene ring substituents is 1. The van der Waals surface area contributed by atoms with Gasteiger partial charge in [-0.3, -0.25) is 14.9 Å². The van der Waals surface area contributed by atoms with Crippen LogP contribution in [0.25, 0.3) is 0 Å². The van der Waals surface area contributed by atoms with Crippen LogP contribution in [-0.2, 0) is 14.8 Å². The Labute approximate surface area is 185 Å². The molecule has 2 aromatic carbocycles. The van der Waals surface area contributed by atoms with E-state index in [0.29, 0.717) is 24.1 Å². The van der Waals surface area contributed by atoms with E-state index < -0.39 is 20.9 Å². The van der Waals surface area contributed by atoms with Crippen molar-refractivity contribution in [2.45, 2.75) is 24.7 Å². The van der Waals surface area contributed by atoms with E-state index in [0.717, 1.165) is 0 Å². The van der Waals surface area contributed by atoms with Crippen LogP contribution in [0.3, 0.4) is 0 Å². The Morgan fingerprint density at radius 2 is 2.03 bits per heavy atom. The number of benzene rings is 2. The summed E-state index contributed by atoms with van der Waals surface area (Å²) >= 11 is 5.99. The SMILES string of the molecule is COc1ccc(Cl)cc1S(=O)(=O)N1CCC[C@@H](C(=O)Nc2cc([N+](=O)[O-])ccc2C)C1. The van der Waals surface area contributed by atoms with Crippen LogP contribution in [0.2, 0.25) is 5.02 Å². The van der Waals surface area contributed by atoms with Gasteiger partial charge in [-0.25, -0.2) is 8.42 Å². The van der Waals surface area contributed by atoms with Crippen molar-refractivity contribution in [2.24, 2.45) is 5.92 Å². The highest BCUT2D eigenvalue weighted by atomic mass is 35.5. The summed E-state index contributed by atoms with van der Waals surface area (Å²) < 4.78 is 32.8. The highest BCUT2D eigenvalue weighted by molar-refractivity contribution is 7.89. The number of nitrogens with zero attached hydrogens (tertiary/aromatic N) is 2. The number of hydrogen-bond acceptors (Lipinski definition) is 6. The number of halogens is 1. The maximum Gasteiger partial charge on any atom is 0.271 e. The van der Waals surface area contributed by atoms with Crippen LogP contribution < -0.4 is 10.1 Å². The Hall–Kier alpha value is -2.69. The number of nitro groups is 1. The van der Waals surface area contributed by atoms with E-state index in [1.807, 2.05) is 0 Å². The fourth-order valence-electron chi connectivity index (χ4n) is 3.46. The number of anilines is 1. The topological polar surface area (TPSA) is 119 Å². The molecule has 2 aromatic rings. The van der Waals surface area contributed by atoms with E-state index in [1.54, 1.807) is 13.0 Å². The molecule has 0 saturated carbocycles. The third-order valence-corrected chi connectivity index (χ3v) is 7.31. The van der Waals surface area contributed by atoms with Crippen LogP contribution in [0.15, 0.2) is 41.3 Å². The Balaban J connectivity index is 1.81. The molecule has 1 amide bonds. The molecule has 1 N–H and O–H groups in total. The smallest absolute Gasteiger partial charge is 0.271 e. The van der Waals surface area contributed by atoms with Crippen molar-refractivity contribution in [1.82, 2.24) is 4.31 Å². The minimum Gasteiger partial charge on any atom is -0.495 e. The Kier molecular flexibility index (Phi) is 6.83. The predicted molar refractivity (Wildman–Crippen MR) is 116 cm³/mol. The van der Waals surface area contributed by atoms with Crippen LogP contribution >= 0.6 is 11.6 Å². The number of methoxy groups -OCH3 is 1. The number of non-ortho nitro benzene ring substituents is 1. The van der Waals surface area contributed by atoms with Gasteiger partial charge in [0.05, 0.1) is 23.6 Å². The lowest BCUT2D eigenvalue weighted by molar-refractivity contribution is -0.384. The number of ether oxygens (including phenoxy) is 1. The maximum atomic E-state index is 13.2. The fourth-order valence-corrected chi connectivity index (χ4v) is 5.40. The van der Waals surface area contributed by atoms with E-state index in [-0.39, 0.29) is 40.4 Å². The normalized spacial score (nSPS) is 17.2. The third-order valence-electron chi connectivity index (χ3n) is 5.19. The van der Waals surface area contributed by atoms with Crippen molar-refractivity contribution in [3.8, 4) is 5.75 Å². The molecule has 1 atom stereocenters. The summed E-state index contributed by atoms with van der Waals surface area (Å²) in [5, 5.41) is 14.0. The zero-order chi connectivity index (χ0) is 22.8. The number of amides is 1. The van der Waals surface area contributed by atoms with Gasteiger partial charge in [-0.2, -0.15) is 4.31 Å². The van der Waals surface area contributed by atoms with Gasteiger partial charge in [0.25, 0.3) is 5.69 Å². The van der Waals surface area contributed by atoms with Crippen LogP contribution in [-0.4, -0.2) is 43.8 Å². The quantitative estimate of drug-likeness (QED) is 0.512. The number of sulfonamides is 1. The van der Waals surface area contributed by atoms with E-state index in [1.165, 1.54) is 41.7 Å². The first-order chi connectivity index (χ1) is 14.6. The molecule has 1 aliphatic heterocycles. The number of piperidine rings is 1. The summed E-state index contributed by atoms with van der Waals surface area (Å²) in [4.78, 5) is 23.3. The summed E-state index contributed by atoms with van der Waals surface area (Å²) in [7, 11) is -2.57. The molecule has 0 unspecified atom stereocenters. The van der Waals surface area contributed by atoms with Gasteiger partial charge in [-0.05, 0) is 43.5 Å². The maximum absolute atomic E-state index is 13.2. The number of hydrogen-bond donors (Lipinski definition) is 1. The Morgan fingerprint density at radius 3 is 2.71 bits per heavy atom. The van der Waals surface area contributed by atoms with Gasteiger partial charge in [0.2, 0.25) is 15.9 Å². The van der Waals surface area contributed by atoms with Gasteiger partial charge >= 0.3 is 0 Å². The highest BCUT2D eigenvalue weighted by Crippen LogP contribution is 2.32. The second kappa shape index (κ2) is 9.21. The molecule has 1 heterocycles. The number of nitrogens with one attached hydrogen (secondary N) is 1. The zero-order valence-corrected chi connectivity index (χ0v) is 18.6. The number of carbonyl (C=O) groups excluding carboxylic acids is 1. The van der Waals surface area contributed by atoms with Crippen molar-refractivity contribution in [1.29, 1.82) is 0 Å². The first kappa shape index (κ1) is 23.0. The number of rotatable bonds is 6. The van der Waals surface area contributed by atoms with Gasteiger partial charge in [-0.15, -0.1) is 0 Å². The number of aryl methyl sites for hydroxylation is 1. The van der Waals surface area contributed by atoms with Crippen molar-refractivity contribution < 1.29 is 22.9 Å². The standard InChI is InChI=1S/C20H22ClN3O6S/c1-13-5-7-16(24(26)27)11-17(13)22-20(25)14-4-3-9-23(12-14)31(28,29)19-10-15(21)6-8-18(19)30-2/h5-8,10-11,14H,3-4,9,12H2,1-2H3,(H,22,25)/t14-/m1/s1. The molecule has 0 aliphatic carbocycles. The zero-order valence-electron chi connectivity index (χ0n) is 17.0. The monoisotopic (exact) mass is 467 g/mol. The van der Waals surface area contributed by atoms with Crippen molar-refractivity contribution in [3.63, 3.8) is 0 Å². The first-order valence-corrected chi connectivity index (χ1v) is 11.3. The van der Waals surface area contributed by atoms with Gasteiger partial charge in [0, 0.05) is 30.2 Å². The third kappa shape index (κ3) is 4.97. The van der Waals surface area contributed by atoms with Crippen molar-refractivity contribution >= 4 is 38.9 Å². The van der Waals surface area contributed by atoms with Gasteiger partial charge in [-0.1, -0.05) is 17.7 Å². The molecular formula is C20H22ClN3O6S. The lowest BCUT2D eigenvalue weighted by Crippen LogP contribution is -2.43. The molecule has 0 spiro atoms. The molecule has 0 bridgehead atoms. The molecule has 1 saturated heterocycles. The second-order valence-electron chi connectivity index (χ2n) is 7.24. The lowest BCUT2D eigenvalue weighted by atomic mass is 9.98. The summed E-state index contributed by atoms with van der Waals surface area (Å²) in [6.45, 7) is 1.97. The highest BCUT2D eigenvalue weighted by Gasteiger charge is 2.35. The van der Waals surface area contributed by atoms with Gasteiger partial charge < -0.3 is 10.1 Å². The van der Waals surface area contributed by atoms with Crippen molar-refractivity contribution in [3.05, 3.63) is 57.1 Å². The molecule has 3 rings (SSSR count). The summed E-state index contributed by atoms with van der Waals surface area (Å²) in [6, 6.07) is 8.55. The molecule has 9 nitrogen and oxygen atoms in total. The molecule has 1 aliphatic rings.